The summed E-state index contributed by atoms with van der Waals surface area (Å²) in [6, 6.07) is 9.11. The number of benzene rings is 1. The Labute approximate surface area is 71.4 Å². The van der Waals surface area contributed by atoms with E-state index in [1.807, 2.05) is 36.0 Å². The summed E-state index contributed by atoms with van der Waals surface area (Å²) >= 11 is 0. The molecule has 1 aromatic carbocycles. The first-order valence-corrected chi connectivity index (χ1v) is 3.82. The molecule has 1 aromatic heterocycles. The van der Waals surface area contributed by atoms with Crippen LogP contribution >= 0.6 is 0 Å². The van der Waals surface area contributed by atoms with E-state index in [1.54, 1.807) is 7.11 Å². The first kappa shape index (κ1) is 7.22. The lowest BCUT2D eigenvalue weighted by molar-refractivity contribution is 0.415. The third kappa shape index (κ3) is 0.961. The van der Waals surface area contributed by atoms with Gasteiger partial charge >= 0.3 is 0 Å². The number of aromatic nitrogens is 1. The molecule has 0 spiro atoms. The Kier molecular flexibility index (Phi) is 1.54. The Morgan fingerprint density at radius 3 is 3.00 bits per heavy atom. The second-order valence-corrected chi connectivity index (χ2v) is 2.77. The molecule has 0 aliphatic heterocycles. The second-order valence-electron chi connectivity index (χ2n) is 2.77. The van der Waals surface area contributed by atoms with Crippen molar-refractivity contribution in [1.82, 2.24) is 4.57 Å². The number of ether oxygens (including phenoxy) is 1. The van der Waals surface area contributed by atoms with Crippen molar-refractivity contribution in [2.75, 3.05) is 7.11 Å². The van der Waals surface area contributed by atoms with E-state index in [9.17, 15) is 0 Å². The fourth-order valence-electron chi connectivity index (χ4n) is 1.30. The maximum atomic E-state index is 5.10. The van der Waals surface area contributed by atoms with E-state index in [4.69, 9.17) is 4.74 Å². The van der Waals surface area contributed by atoms with Crippen molar-refractivity contribution in [3.05, 3.63) is 30.5 Å². The van der Waals surface area contributed by atoms with Crippen LogP contribution in [0.15, 0.2) is 24.4 Å². The molecular formula is C10H10NO. The Morgan fingerprint density at radius 2 is 2.25 bits per heavy atom. The molecule has 12 heavy (non-hydrogen) atoms. The Hall–Kier alpha value is -1.44. The molecule has 0 amide bonds. The average Bonchev–Trinajstić information content (AvgIpc) is 2.47. The van der Waals surface area contributed by atoms with Gasteiger partial charge in [-0.1, -0.05) is 0 Å². The van der Waals surface area contributed by atoms with Crippen LogP contribution in [0.25, 0.3) is 10.9 Å². The predicted octanol–water partition coefficient (Wildman–Crippen LogP) is 1.99. The van der Waals surface area contributed by atoms with Gasteiger partial charge in [0.05, 0.1) is 7.11 Å². The number of fused-ring (bicyclic) bond motifs is 1. The summed E-state index contributed by atoms with van der Waals surface area (Å²) in [5.41, 5.74) is 1.18. The highest BCUT2D eigenvalue weighted by molar-refractivity contribution is 5.80. The van der Waals surface area contributed by atoms with Crippen molar-refractivity contribution in [3.8, 4) is 5.75 Å². The van der Waals surface area contributed by atoms with Crippen LogP contribution in [0.5, 0.6) is 5.75 Å². The summed E-state index contributed by atoms with van der Waals surface area (Å²) < 4.78 is 7.14. The fourth-order valence-corrected chi connectivity index (χ4v) is 1.30. The van der Waals surface area contributed by atoms with Crippen LogP contribution in [-0.4, -0.2) is 11.7 Å². The zero-order chi connectivity index (χ0) is 8.55. The van der Waals surface area contributed by atoms with E-state index in [1.165, 1.54) is 5.52 Å². The molecule has 0 aliphatic rings. The van der Waals surface area contributed by atoms with Gasteiger partial charge in [0, 0.05) is 30.2 Å². The molecule has 2 rings (SSSR count). The normalized spacial score (nSPS) is 10.5. The number of hydrogen-bond acceptors (Lipinski definition) is 1. The minimum atomic E-state index is 0.880. The molecule has 61 valence electrons. The molecule has 0 aliphatic carbocycles. The highest BCUT2D eigenvalue weighted by Gasteiger charge is 1.98. The summed E-state index contributed by atoms with van der Waals surface area (Å²) in [6.07, 6.45) is 1.92. The SMILES string of the molecule is COc1ccc2c([c]cn2C)c1. The maximum Gasteiger partial charge on any atom is 0.119 e. The van der Waals surface area contributed by atoms with Crippen LogP contribution in [0.2, 0.25) is 0 Å². The third-order valence-electron chi connectivity index (χ3n) is 2.00. The highest BCUT2D eigenvalue weighted by atomic mass is 16.5. The predicted molar refractivity (Wildman–Crippen MR) is 48.3 cm³/mol. The van der Waals surface area contributed by atoms with E-state index < -0.39 is 0 Å². The number of aryl methyl sites for hydroxylation is 1. The topological polar surface area (TPSA) is 14.2 Å². The van der Waals surface area contributed by atoms with Gasteiger partial charge in [-0.15, -0.1) is 0 Å². The summed E-state index contributed by atoms with van der Waals surface area (Å²) in [6.45, 7) is 0. The van der Waals surface area contributed by atoms with Crippen molar-refractivity contribution in [3.63, 3.8) is 0 Å². The number of rotatable bonds is 1. The number of nitrogens with zero attached hydrogens (tertiary/aromatic N) is 1. The summed E-state index contributed by atoms with van der Waals surface area (Å²) in [5, 5.41) is 1.09. The van der Waals surface area contributed by atoms with Gasteiger partial charge in [-0.25, -0.2) is 0 Å². The van der Waals surface area contributed by atoms with Gasteiger partial charge in [0.25, 0.3) is 0 Å². The smallest absolute Gasteiger partial charge is 0.119 e. The lowest BCUT2D eigenvalue weighted by atomic mass is 10.2. The molecule has 1 radical (unpaired) electrons. The molecule has 0 unspecified atom stereocenters. The van der Waals surface area contributed by atoms with Crippen LogP contribution < -0.4 is 4.74 Å². The van der Waals surface area contributed by atoms with Gasteiger partial charge in [0.15, 0.2) is 0 Å². The van der Waals surface area contributed by atoms with Crippen molar-refractivity contribution < 1.29 is 4.74 Å². The minimum absolute atomic E-state index is 0.880. The van der Waals surface area contributed by atoms with Crippen LogP contribution in [0.3, 0.4) is 0 Å². The van der Waals surface area contributed by atoms with E-state index >= 15 is 0 Å². The lowest BCUT2D eigenvalue weighted by Gasteiger charge is -1.99. The molecule has 1 heterocycles. The van der Waals surface area contributed by atoms with Crippen LogP contribution in [0.4, 0.5) is 0 Å². The molecule has 2 nitrogen and oxygen atoms in total. The summed E-state index contributed by atoms with van der Waals surface area (Å²) in [5.74, 6) is 0.880. The minimum Gasteiger partial charge on any atom is -0.497 e. The van der Waals surface area contributed by atoms with E-state index in [2.05, 4.69) is 6.07 Å². The largest absolute Gasteiger partial charge is 0.497 e. The van der Waals surface area contributed by atoms with Crippen molar-refractivity contribution >= 4 is 10.9 Å². The standard InChI is InChI=1S/C10H10NO/c1-11-6-5-8-7-9(12-2)3-4-10(8)11/h3-4,6-7H,1-2H3. The maximum absolute atomic E-state index is 5.10. The Balaban J connectivity index is 2.69. The Bertz CT molecular complexity index is 403. The van der Waals surface area contributed by atoms with Gasteiger partial charge < -0.3 is 9.30 Å². The van der Waals surface area contributed by atoms with Gasteiger partial charge in [-0.2, -0.15) is 0 Å². The zero-order valence-corrected chi connectivity index (χ0v) is 7.16. The molecule has 0 saturated heterocycles. The summed E-state index contributed by atoms with van der Waals surface area (Å²) in [4.78, 5) is 0. The first-order valence-electron chi connectivity index (χ1n) is 3.82. The van der Waals surface area contributed by atoms with Crippen molar-refractivity contribution in [1.29, 1.82) is 0 Å². The molecular weight excluding hydrogens is 150 g/mol. The van der Waals surface area contributed by atoms with E-state index in [0.717, 1.165) is 11.1 Å². The molecule has 0 atom stereocenters. The van der Waals surface area contributed by atoms with Gasteiger partial charge in [-0.05, 0) is 18.2 Å². The van der Waals surface area contributed by atoms with Crippen LogP contribution in [0, 0.1) is 6.07 Å². The zero-order valence-electron chi connectivity index (χ0n) is 7.16. The van der Waals surface area contributed by atoms with Crippen LogP contribution in [0.1, 0.15) is 0 Å². The monoisotopic (exact) mass is 160 g/mol. The molecule has 0 bridgehead atoms. The molecule has 2 heteroatoms. The summed E-state index contributed by atoms with van der Waals surface area (Å²) in [7, 11) is 3.68. The first-order chi connectivity index (χ1) is 5.81. The number of methoxy groups -OCH3 is 1. The highest BCUT2D eigenvalue weighted by Crippen LogP contribution is 2.20. The van der Waals surface area contributed by atoms with Gasteiger partial charge in [0.2, 0.25) is 0 Å². The van der Waals surface area contributed by atoms with Gasteiger partial charge in [0.1, 0.15) is 5.75 Å². The van der Waals surface area contributed by atoms with E-state index in [0.29, 0.717) is 0 Å². The molecule has 2 aromatic rings. The average molecular weight is 160 g/mol. The quantitative estimate of drug-likeness (QED) is 0.622. The Morgan fingerprint density at radius 1 is 1.42 bits per heavy atom. The number of hydrogen-bond donors (Lipinski definition) is 0. The second kappa shape index (κ2) is 2.55. The fraction of sp³-hybridized carbons (Fsp3) is 0.200. The molecule has 0 saturated carbocycles. The molecule has 0 N–H and O–H groups in total. The van der Waals surface area contributed by atoms with Crippen molar-refractivity contribution in [2.24, 2.45) is 7.05 Å². The lowest BCUT2D eigenvalue weighted by Crippen LogP contribution is -1.84. The van der Waals surface area contributed by atoms with Crippen molar-refractivity contribution in [2.45, 2.75) is 0 Å². The third-order valence-corrected chi connectivity index (χ3v) is 2.00. The molecule has 0 fully saturated rings. The van der Waals surface area contributed by atoms with Crippen LogP contribution in [-0.2, 0) is 7.05 Å². The van der Waals surface area contributed by atoms with E-state index in [-0.39, 0.29) is 0 Å². The van der Waals surface area contributed by atoms with Gasteiger partial charge in [-0.3, -0.25) is 0 Å².